The summed E-state index contributed by atoms with van der Waals surface area (Å²) in [5.41, 5.74) is 0.383. The summed E-state index contributed by atoms with van der Waals surface area (Å²) in [6, 6.07) is 8.35. The van der Waals surface area contributed by atoms with E-state index in [-0.39, 0.29) is 12.5 Å². The molecule has 0 spiro atoms. The highest BCUT2D eigenvalue weighted by Gasteiger charge is 2.22. The normalized spacial score (nSPS) is 14.0. The van der Waals surface area contributed by atoms with Crippen LogP contribution in [0.1, 0.15) is 10.4 Å². The van der Waals surface area contributed by atoms with Gasteiger partial charge in [0.05, 0.1) is 12.7 Å². The monoisotopic (exact) mass is 356 g/mol. The number of methoxy groups -OCH3 is 1. The number of hydrogen-bond acceptors (Lipinski definition) is 7. The molecule has 1 aliphatic rings. The fraction of sp³-hybridized carbons (Fsp3) is 0.333. The highest BCUT2D eigenvalue weighted by atomic mass is 16.5. The van der Waals surface area contributed by atoms with E-state index in [0.29, 0.717) is 43.4 Å². The molecule has 26 heavy (non-hydrogen) atoms. The number of carbonyl (C=O) groups excluding carboxylic acids is 2. The molecule has 0 N–H and O–H groups in total. The van der Waals surface area contributed by atoms with Crippen LogP contribution in [0.4, 0.5) is 5.95 Å². The first-order valence-electron chi connectivity index (χ1n) is 8.28. The van der Waals surface area contributed by atoms with Gasteiger partial charge in [-0.05, 0) is 24.3 Å². The van der Waals surface area contributed by atoms with Crippen LogP contribution in [0, 0.1) is 0 Å². The lowest BCUT2D eigenvalue weighted by molar-refractivity contribution is -0.133. The second-order valence-electron chi connectivity index (χ2n) is 5.72. The topological polar surface area (TPSA) is 84.9 Å². The molecule has 3 rings (SSSR count). The van der Waals surface area contributed by atoms with Crippen LogP contribution in [0.2, 0.25) is 0 Å². The minimum Gasteiger partial charge on any atom is -0.484 e. The molecular formula is C18H20N4O4. The van der Waals surface area contributed by atoms with Crippen LogP contribution < -0.4 is 9.64 Å². The molecular weight excluding hydrogens is 336 g/mol. The summed E-state index contributed by atoms with van der Waals surface area (Å²) >= 11 is 0. The Morgan fingerprint density at radius 3 is 2.50 bits per heavy atom. The number of amides is 1. The van der Waals surface area contributed by atoms with E-state index in [4.69, 9.17) is 4.74 Å². The third kappa shape index (κ3) is 4.27. The predicted octanol–water partition coefficient (Wildman–Crippen LogP) is 0.991. The zero-order valence-electron chi connectivity index (χ0n) is 14.5. The highest BCUT2D eigenvalue weighted by Crippen LogP contribution is 2.15. The first kappa shape index (κ1) is 17.7. The summed E-state index contributed by atoms with van der Waals surface area (Å²) in [7, 11) is 1.32. The molecule has 1 aromatic heterocycles. The fourth-order valence-corrected chi connectivity index (χ4v) is 2.68. The van der Waals surface area contributed by atoms with E-state index in [0.717, 1.165) is 0 Å². The minimum absolute atomic E-state index is 0.0769. The number of aromatic nitrogens is 2. The summed E-state index contributed by atoms with van der Waals surface area (Å²) < 4.78 is 10.2. The average Bonchev–Trinajstić information content (AvgIpc) is 2.72. The molecule has 2 aromatic rings. The molecule has 0 atom stereocenters. The van der Waals surface area contributed by atoms with E-state index < -0.39 is 5.97 Å². The van der Waals surface area contributed by atoms with Gasteiger partial charge in [-0.15, -0.1) is 0 Å². The van der Waals surface area contributed by atoms with E-state index in [2.05, 4.69) is 14.7 Å². The van der Waals surface area contributed by atoms with Gasteiger partial charge in [0.2, 0.25) is 5.95 Å². The molecule has 0 unspecified atom stereocenters. The third-order valence-corrected chi connectivity index (χ3v) is 4.08. The number of benzene rings is 1. The van der Waals surface area contributed by atoms with Gasteiger partial charge in [0.1, 0.15) is 5.75 Å². The van der Waals surface area contributed by atoms with Gasteiger partial charge in [0.25, 0.3) is 5.91 Å². The van der Waals surface area contributed by atoms with E-state index in [9.17, 15) is 9.59 Å². The van der Waals surface area contributed by atoms with E-state index >= 15 is 0 Å². The lowest BCUT2D eigenvalue weighted by Crippen LogP contribution is -2.50. The number of ether oxygens (including phenoxy) is 2. The van der Waals surface area contributed by atoms with Crippen molar-refractivity contribution in [1.82, 2.24) is 14.9 Å². The summed E-state index contributed by atoms with van der Waals surface area (Å²) in [4.78, 5) is 36.1. The summed E-state index contributed by atoms with van der Waals surface area (Å²) in [5, 5.41) is 0. The molecule has 0 saturated carbocycles. The Morgan fingerprint density at radius 2 is 1.81 bits per heavy atom. The maximum absolute atomic E-state index is 12.3. The van der Waals surface area contributed by atoms with Crippen LogP contribution in [-0.4, -0.2) is 66.6 Å². The first-order valence-corrected chi connectivity index (χ1v) is 8.28. The Morgan fingerprint density at radius 1 is 1.08 bits per heavy atom. The van der Waals surface area contributed by atoms with Crippen molar-refractivity contribution in [2.75, 3.05) is 44.8 Å². The van der Waals surface area contributed by atoms with Gasteiger partial charge < -0.3 is 19.3 Å². The summed E-state index contributed by atoms with van der Waals surface area (Å²) in [5.74, 6) is 0.594. The van der Waals surface area contributed by atoms with Crippen LogP contribution in [0.15, 0.2) is 42.7 Å². The molecule has 1 saturated heterocycles. The number of nitrogens with zero attached hydrogens (tertiary/aromatic N) is 4. The van der Waals surface area contributed by atoms with Crippen molar-refractivity contribution in [3.63, 3.8) is 0 Å². The molecule has 2 heterocycles. The number of anilines is 1. The van der Waals surface area contributed by atoms with Crippen molar-refractivity contribution in [2.45, 2.75) is 0 Å². The second-order valence-corrected chi connectivity index (χ2v) is 5.72. The van der Waals surface area contributed by atoms with Crippen LogP contribution in [-0.2, 0) is 9.53 Å². The molecule has 0 bridgehead atoms. The van der Waals surface area contributed by atoms with Crippen molar-refractivity contribution in [3.05, 3.63) is 48.3 Å². The van der Waals surface area contributed by atoms with Gasteiger partial charge in [-0.2, -0.15) is 0 Å². The van der Waals surface area contributed by atoms with Crippen LogP contribution in [0.25, 0.3) is 0 Å². The smallest absolute Gasteiger partial charge is 0.337 e. The predicted molar refractivity (Wildman–Crippen MR) is 94.1 cm³/mol. The first-order chi connectivity index (χ1) is 12.7. The second kappa shape index (κ2) is 8.28. The molecule has 136 valence electrons. The maximum Gasteiger partial charge on any atom is 0.337 e. The quantitative estimate of drug-likeness (QED) is 0.739. The van der Waals surface area contributed by atoms with Crippen LogP contribution in [0.3, 0.4) is 0 Å². The van der Waals surface area contributed by atoms with Gasteiger partial charge in [-0.1, -0.05) is 6.07 Å². The average molecular weight is 356 g/mol. The number of esters is 1. The lowest BCUT2D eigenvalue weighted by atomic mass is 10.2. The summed E-state index contributed by atoms with van der Waals surface area (Å²) in [6.45, 7) is 2.44. The van der Waals surface area contributed by atoms with Crippen molar-refractivity contribution >= 4 is 17.8 Å². The molecule has 8 heteroatoms. The fourth-order valence-electron chi connectivity index (χ4n) is 2.68. The molecule has 1 aliphatic heterocycles. The van der Waals surface area contributed by atoms with E-state index in [1.807, 2.05) is 4.90 Å². The Bertz CT molecular complexity index is 761. The molecule has 0 radical (unpaired) electrons. The van der Waals surface area contributed by atoms with Gasteiger partial charge in [0, 0.05) is 38.6 Å². The minimum atomic E-state index is -0.443. The standard InChI is InChI=1S/C18H20N4O4/c1-25-17(24)14-4-2-5-15(12-14)26-13-16(23)21-8-10-22(11-9-21)18-19-6-3-7-20-18/h2-7,12H,8-11,13H2,1H3. The van der Waals surface area contributed by atoms with Crippen LogP contribution in [0.5, 0.6) is 5.75 Å². The zero-order valence-corrected chi connectivity index (χ0v) is 14.5. The number of rotatable bonds is 5. The van der Waals surface area contributed by atoms with Crippen molar-refractivity contribution in [2.24, 2.45) is 0 Å². The Hall–Kier alpha value is -3.16. The number of piperazine rings is 1. The maximum atomic E-state index is 12.3. The molecule has 1 aromatic carbocycles. The van der Waals surface area contributed by atoms with Crippen LogP contribution >= 0.6 is 0 Å². The van der Waals surface area contributed by atoms with Crippen molar-refractivity contribution in [1.29, 1.82) is 0 Å². The molecule has 0 aliphatic carbocycles. The third-order valence-electron chi connectivity index (χ3n) is 4.08. The molecule has 8 nitrogen and oxygen atoms in total. The van der Waals surface area contributed by atoms with Gasteiger partial charge >= 0.3 is 5.97 Å². The zero-order chi connectivity index (χ0) is 18.4. The number of carbonyl (C=O) groups is 2. The summed E-state index contributed by atoms with van der Waals surface area (Å²) in [6.07, 6.45) is 3.41. The van der Waals surface area contributed by atoms with E-state index in [1.54, 1.807) is 47.6 Å². The SMILES string of the molecule is COC(=O)c1cccc(OCC(=O)N2CCN(c3ncccn3)CC2)c1. The highest BCUT2D eigenvalue weighted by molar-refractivity contribution is 5.89. The number of hydrogen-bond donors (Lipinski definition) is 0. The molecule has 1 amide bonds. The van der Waals surface area contributed by atoms with Crippen molar-refractivity contribution < 1.29 is 19.1 Å². The van der Waals surface area contributed by atoms with E-state index in [1.165, 1.54) is 7.11 Å². The van der Waals surface area contributed by atoms with Gasteiger partial charge in [0.15, 0.2) is 6.61 Å². The Labute approximate surface area is 151 Å². The Balaban J connectivity index is 1.50. The van der Waals surface area contributed by atoms with Crippen molar-refractivity contribution in [3.8, 4) is 5.75 Å². The lowest BCUT2D eigenvalue weighted by Gasteiger charge is -2.34. The Kier molecular flexibility index (Phi) is 5.62. The van der Waals surface area contributed by atoms with Gasteiger partial charge in [-0.3, -0.25) is 4.79 Å². The van der Waals surface area contributed by atoms with Gasteiger partial charge in [-0.25, -0.2) is 14.8 Å². The largest absolute Gasteiger partial charge is 0.484 e. The molecule has 1 fully saturated rings.